The summed E-state index contributed by atoms with van der Waals surface area (Å²) in [4.78, 5) is 22.5. The van der Waals surface area contributed by atoms with Gasteiger partial charge < -0.3 is 4.74 Å². The number of Topliss-reactive ketones (excluding diaryl/α,β-unsaturated/α-hetero) is 1. The van der Waals surface area contributed by atoms with Gasteiger partial charge in [-0.2, -0.15) is 0 Å². The van der Waals surface area contributed by atoms with Crippen LogP contribution in [0.15, 0.2) is 18.2 Å². The molecule has 4 heteroatoms. The number of ketones is 1. The zero-order valence-corrected chi connectivity index (χ0v) is 8.74. The normalized spacial score (nSPS) is 9.73. The molecule has 0 saturated heterocycles. The molecular weight excluding hydrogens is 191 g/mol. The van der Waals surface area contributed by atoms with E-state index in [9.17, 15) is 9.59 Å². The van der Waals surface area contributed by atoms with E-state index < -0.39 is 5.97 Å². The van der Waals surface area contributed by atoms with E-state index in [4.69, 9.17) is 7.85 Å². The fourth-order valence-electron chi connectivity index (χ4n) is 1.33. The van der Waals surface area contributed by atoms with Gasteiger partial charge in [0.1, 0.15) is 0 Å². The lowest BCUT2D eigenvalue weighted by Gasteiger charge is -2.05. The number of carbonyl (C=O) groups excluding carboxylic acids is 2. The molecule has 0 heterocycles. The van der Waals surface area contributed by atoms with Gasteiger partial charge in [0.05, 0.1) is 20.5 Å². The van der Waals surface area contributed by atoms with Crippen molar-refractivity contribution < 1.29 is 14.3 Å². The Morgan fingerprint density at radius 2 is 2.07 bits per heavy atom. The van der Waals surface area contributed by atoms with Gasteiger partial charge in [0.25, 0.3) is 0 Å². The lowest BCUT2D eigenvalue weighted by atomic mass is 9.92. The minimum absolute atomic E-state index is 0.0294. The molecular formula is C11H11BO3. The van der Waals surface area contributed by atoms with Crippen molar-refractivity contribution in [2.75, 3.05) is 7.11 Å². The summed E-state index contributed by atoms with van der Waals surface area (Å²) in [5, 5.41) is 0. The van der Waals surface area contributed by atoms with Crippen molar-refractivity contribution in [3.8, 4) is 0 Å². The first-order chi connectivity index (χ1) is 7.10. The second-order valence-corrected chi connectivity index (χ2v) is 3.15. The van der Waals surface area contributed by atoms with Gasteiger partial charge in [-0.15, -0.1) is 0 Å². The Bertz CT molecular complexity index is 399. The van der Waals surface area contributed by atoms with Crippen LogP contribution < -0.4 is 0 Å². The predicted octanol–water partition coefficient (Wildman–Crippen LogP) is 1.55. The lowest BCUT2D eigenvalue weighted by molar-refractivity contribution is 0.0600. The number of ether oxygens (including phenoxy) is 1. The fraction of sp³-hybridized carbons (Fsp3) is 0.273. The maximum absolute atomic E-state index is 11.3. The molecule has 0 aromatic heterocycles. The lowest BCUT2D eigenvalue weighted by Crippen LogP contribution is -2.05. The highest BCUT2D eigenvalue weighted by molar-refractivity contribution is 6.24. The Labute approximate surface area is 89.8 Å². The van der Waals surface area contributed by atoms with Crippen LogP contribution in [0.4, 0.5) is 0 Å². The topological polar surface area (TPSA) is 43.4 Å². The van der Waals surface area contributed by atoms with E-state index in [1.807, 2.05) is 0 Å². The minimum atomic E-state index is -0.412. The Morgan fingerprint density at radius 3 is 2.53 bits per heavy atom. The number of hydrogen-bond acceptors (Lipinski definition) is 3. The monoisotopic (exact) mass is 202 g/mol. The SMILES string of the molecule is [B]CC(=O)c1ccc(C(=O)OC)cc1C. The molecule has 1 aromatic carbocycles. The van der Waals surface area contributed by atoms with Gasteiger partial charge in [-0.05, 0) is 30.9 Å². The van der Waals surface area contributed by atoms with E-state index in [-0.39, 0.29) is 12.1 Å². The summed E-state index contributed by atoms with van der Waals surface area (Å²) < 4.78 is 4.57. The molecule has 1 rings (SSSR count). The van der Waals surface area contributed by atoms with Crippen LogP contribution in [0.2, 0.25) is 6.32 Å². The molecule has 15 heavy (non-hydrogen) atoms. The van der Waals surface area contributed by atoms with E-state index in [1.165, 1.54) is 7.11 Å². The molecule has 3 nitrogen and oxygen atoms in total. The van der Waals surface area contributed by atoms with Crippen molar-refractivity contribution in [2.24, 2.45) is 0 Å². The number of rotatable bonds is 3. The average molecular weight is 202 g/mol. The third-order valence-corrected chi connectivity index (χ3v) is 2.13. The molecule has 0 atom stereocenters. The van der Waals surface area contributed by atoms with E-state index in [0.717, 1.165) is 5.56 Å². The number of hydrogen-bond donors (Lipinski definition) is 0. The third-order valence-electron chi connectivity index (χ3n) is 2.13. The van der Waals surface area contributed by atoms with Crippen molar-refractivity contribution in [1.82, 2.24) is 0 Å². The van der Waals surface area contributed by atoms with Gasteiger partial charge in [0.2, 0.25) is 0 Å². The maximum atomic E-state index is 11.3. The van der Waals surface area contributed by atoms with Crippen LogP contribution in [-0.2, 0) is 4.74 Å². The molecule has 0 aliphatic carbocycles. The molecule has 0 bridgehead atoms. The van der Waals surface area contributed by atoms with Gasteiger partial charge in [0, 0.05) is 5.56 Å². The summed E-state index contributed by atoms with van der Waals surface area (Å²) in [7, 11) is 6.57. The van der Waals surface area contributed by atoms with Crippen molar-refractivity contribution >= 4 is 19.6 Å². The van der Waals surface area contributed by atoms with Crippen LogP contribution in [-0.4, -0.2) is 26.7 Å². The van der Waals surface area contributed by atoms with Crippen LogP contribution in [0.5, 0.6) is 0 Å². The molecule has 76 valence electrons. The fourth-order valence-corrected chi connectivity index (χ4v) is 1.33. The zero-order chi connectivity index (χ0) is 11.4. The second-order valence-electron chi connectivity index (χ2n) is 3.15. The molecule has 0 unspecified atom stereocenters. The van der Waals surface area contributed by atoms with E-state index in [2.05, 4.69) is 4.74 Å². The summed E-state index contributed by atoms with van der Waals surface area (Å²) in [6, 6.07) is 4.77. The number of carbonyl (C=O) groups is 2. The molecule has 1 aromatic rings. The molecule has 0 aliphatic rings. The molecule has 0 N–H and O–H groups in total. The molecule has 2 radical (unpaired) electrons. The summed E-state index contributed by atoms with van der Waals surface area (Å²) in [6.07, 6.45) is -0.0294. The zero-order valence-electron chi connectivity index (χ0n) is 8.74. The van der Waals surface area contributed by atoms with Crippen LogP contribution >= 0.6 is 0 Å². The summed E-state index contributed by atoms with van der Waals surface area (Å²) >= 11 is 0. The van der Waals surface area contributed by atoms with Crippen molar-refractivity contribution in [3.05, 3.63) is 34.9 Å². The van der Waals surface area contributed by atoms with Crippen molar-refractivity contribution in [3.63, 3.8) is 0 Å². The molecule has 0 fully saturated rings. The number of benzene rings is 1. The molecule has 0 spiro atoms. The summed E-state index contributed by atoms with van der Waals surface area (Å²) in [5.74, 6) is -0.547. The highest BCUT2D eigenvalue weighted by Gasteiger charge is 2.10. The van der Waals surface area contributed by atoms with Crippen molar-refractivity contribution in [2.45, 2.75) is 13.2 Å². The van der Waals surface area contributed by atoms with Gasteiger partial charge in [0.15, 0.2) is 5.78 Å². The predicted molar refractivity (Wildman–Crippen MR) is 57.4 cm³/mol. The largest absolute Gasteiger partial charge is 0.465 e. The van der Waals surface area contributed by atoms with Crippen LogP contribution in [0.25, 0.3) is 0 Å². The van der Waals surface area contributed by atoms with Crippen molar-refractivity contribution in [1.29, 1.82) is 0 Å². The van der Waals surface area contributed by atoms with E-state index in [1.54, 1.807) is 25.1 Å². The van der Waals surface area contributed by atoms with E-state index >= 15 is 0 Å². The van der Waals surface area contributed by atoms with Gasteiger partial charge in [-0.1, -0.05) is 6.07 Å². The first-order valence-electron chi connectivity index (χ1n) is 4.52. The quantitative estimate of drug-likeness (QED) is 0.424. The minimum Gasteiger partial charge on any atom is -0.465 e. The first kappa shape index (κ1) is 11.5. The highest BCUT2D eigenvalue weighted by Crippen LogP contribution is 2.13. The van der Waals surface area contributed by atoms with E-state index in [0.29, 0.717) is 11.1 Å². The van der Waals surface area contributed by atoms with Gasteiger partial charge in [-0.25, -0.2) is 4.79 Å². The average Bonchev–Trinajstić information content (AvgIpc) is 2.26. The smallest absolute Gasteiger partial charge is 0.337 e. The summed E-state index contributed by atoms with van der Waals surface area (Å²) in [5.41, 5.74) is 1.71. The molecule has 0 amide bonds. The molecule has 0 saturated carbocycles. The maximum Gasteiger partial charge on any atom is 0.337 e. The second kappa shape index (κ2) is 4.78. The third kappa shape index (κ3) is 2.46. The summed E-state index contributed by atoms with van der Waals surface area (Å²) in [6.45, 7) is 1.76. The molecule has 0 aliphatic heterocycles. The Balaban J connectivity index is 3.08. The Morgan fingerprint density at radius 1 is 1.40 bits per heavy atom. The van der Waals surface area contributed by atoms with Crippen LogP contribution in [0, 0.1) is 6.92 Å². The van der Waals surface area contributed by atoms with Crippen LogP contribution in [0.3, 0.4) is 0 Å². The first-order valence-corrected chi connectivity index (χ1v) is 4.52. The Kier molecular flexibility index (Phi) is 3.66. The Hall–Kier alpha value is -1.58. The van der Waals surface area contributed by atoms with Crippen LogP contribution in [0.1, 0.15) is 26.3 Å². The number of esters is 1. The number of aryl methyl sites for hydroxylation is 1. The standard InChI is InChI=1S/C11H11BO3/c1-7-5-8(11(14)15-2)3-4-9(7)10(13)6-12/h3-5H,6H2,1-2H3. The highest BCUT2D eigenvalue weighted by atomic mass is 16.5. The van der Waals surface area contributed by atoms with Gasteiger partial charge in [-0.3, -0.25) is 4.79 Å². The number of methoxy groups -OCH3 is 1. The van der Waals surface area contributed by atoms with Gasteiger partial charge >= 0.3 is 5.97 Å².